The van der Waals surface area contributed by atoms with Gasteiger partial charge in [-0.15, -0.1) is 0 Å². The van der Waals surface area contributed by atoms with Crippen molar-refractivity contribution in [3.05, 3.63) is 132 Å². The zero-order valence-corrected chi connectivity index (χ0v) is 27.7. The Morgan fingerprint density at radius 2 is 1.15 bits per heavy atom. The van der Waals surface area contributed by atoms with Gasteiger partial charge in [0.05, 0.1) is 22.8 Å². The first kappa shape index (κ1) is 30.4. The van der Waals surface area contributed by atoms with Crippen LogP contribution in [0.25, 0.3) is 44.1 Å². The smallest absolute Gasteiger partial charge is 0.0784 e. The largest absolute Gasteiger partial charge is 0.251 e. The van der Waals surface area contributed by atoms with Crippen molar-refractivity contribution in [2.24, 2.45) is 5.41 Å². The summed E-state index contributed by atoms with van der Waals surface area (Å²) in [5.41, 5.74) is 8.03. The lowest BCUT2D eigenvalue weighted by atomic mass is 9.82. The van der Waals surface area contributed by atoms with Crippen LogP contribution in [0.3, 0.4) is 0 Å². The van der Waals surface area contributed by atoms with Crippen molar-refractivity contribution in [1.82, 2.24) is 9.97 Å². The lowest BCUT2D eigenvalue weighted by Gasteiger charge is -2.26. The molecule has 0 unspecified atom stereocenters. The van der Waals surface area contributed by atoms with Gasteiger partial charge in [-0.3, -0.25) is 9.97 Å². The third kappa shape index (κ3) is 6.23. The van der Waals surface area contributed by atoms with Crippen LogP contribution in [0, 0.1) is 5.41 Å². The highest BCUT2D eigenvalue weighted by Crippen LogP contribution is 2.42. The molecule has 0 spiro atoms. The third-order valence-corrected chi connectivity index (χ3v) is 10.6. The van der Waals surface area contributed by atoms with Crippen molar-refractivity contribution in [3.63, 3.8) is 0 Å². The second-order valence-electron chi connectivity index (χ2n) is 14.4. The Morgan fingerprint density at radius 3 is 1.80 bits per heavy atom. The van der Waals surface area contributed by atoms with Crippen molar-refractivity contribution in [3.8, 4) is 22.5 Å². The minimum absolute atomic E-state index is 0.419. The molecule has 1 fully saturated rings. The van der Waals surface area contributed by atoms with Crippen LogP contribution in [0.4, 0.5) is 0 Å². The molecule has 0 aliphatic heterocycles. The monoisotopic (exact) mass is 602 g/mol. The minimum atomic E-state index is -0.419. The first-order valence-electron chi connectivity index (χ1n) is 17.4. The van der Waals surface area contributed by atoms with Gasteiger partial charge in [0.1, 0.15) is 0 Å². The quantitative estimate of drug-likeness (QED) is 0.146. The molecule has 2 heterocycles. The summed E-state index contributed by atoms with van der Waals surface area (Å²) in [7, 11) is 0. The van der Waals surface area contributed by atoms with Gasteiger partial charge in [0.2, 0.25) is 0 Å². The van der Waals surface area contributed by atoms with Crippen LogP contribution in [0.15, 0.2) is 115 Å². The molecule has 2 heteroatoms. The van der Waals surface area contributed by atoms with Gasteiger partial charge in [-0.2, -0.15) is 0 Å². The van der Waals surface area contributed by atoms with Crippen molar-refractivity contribution in [1.29, 1.82) is 0 Å². The Bertz CT molecular complexity index is 1950. The van der Waals surface area contributed by atoms with E-state index in [1.807, 2.05) is 0 Å². The minimum Gasteiger partial charge on any atom is -0.251 e. The predicted molar refractivity (Wildman–Crippen MR) is 195 cm³/mol. The first-order valence-corrected chi connectivity index (χ1v) is 17.4. The SMILES string of the molecule is CC1(CCCCCc2ccc3c(-c4ccccc4)nc(C(C)(C)c4cc5ccccc5c(-c5ccccc5)n4)cc3c2)CCCC1. The van der Waals surface area contributed by atoms with Gasteiger partial charge >= 0.3 is 0 Å². The molecule has 1 aliphatic rings. The zero-order chi connectivity index (χ0) is 31.6. The number of unbranched alkanes of at least 4 members (excludes halogenated alkanes) is 2. The first-order chi connectivity index (χ1) is 22.4. The molecule has 0 saturated heterocycles. The number of aryl methyl sites for hydroxylation is 1. The van der Waals surface area contributed by atoms with Crippen molar-refractivity contribution in [2.45, 2.75) is 84.0 Å². The molecule has 2 aromatic heterocycles. The number of fused-ring (bicyclic) bond motifs is 2. The van der Waals surface area contributed by atoms with E-state index in [1.165, 1.54) is 78.5 Å². The molecular weight excluding hydrogens is 556 g/mol. The van der Waals surface area contributed by atoms with E-state index in [2.05, 4.69) is 136 Å². The Labute approximate surface area is 275 Å². The molecular formula is C44H46N2. The summed E-state index contributed by atoms with van der Waals surface area (Å²) in [6.45, 7) is 7.06. The Hall–Kier alpha value is -4.30. The van der Waals surface area contributed by atoms with Gasteiger partial charge in [-0.1, -0.05) is 136 Å². The number of benzene rings is 4. The summed E-state index contributed by atoms with van der Waals surface area (Å²) in [4.78, 5) is 10.8. The molecule has 232 valence electrons. The second-order valence-corrected chi connectivity index (χ2v) is 14.4. The van der Waals surface area contributed by atoms with E-state index in [1.54, 1.807) is 0 Å². The topological polar surface area (TPSA) is 25.8 Å². The van der Waals surface area contributed by atoms with Gasteiger partial charge in [0, 0.05) is 27.3 Å². The molecule has 0 amide bonds. The second kappa shape index (κ2) is 12.8. The van der Waals surface area contributed by atoms with Crippen LogP contribution in [0.2, 0.25) is 0 Å². The highest BCUT2D eigenvalue weighted by Gasteiger charge is 2.30. The van der Waals surface area contributed by atoms with Crippen molar-refractivity contribution < 1.29 is 0 Å². The van der Waals surface area contributed by atoms with Gasteiger partial charge in [-0.05, 0) is 79.8 Å². The van der Waals surface area contributed by atoms with Crippen LogP contribution in [0.5, 0.6) is 0 Å². The van der Waals surface area contributed by atoms with Crippen molar-refractivity contribution in [2.75, 3.05) is 0 Å². The summed E-state index contributed by atoms with van der Waals surface area (Å²) >= 11 is 0. The normalized spacial score (nSPS) is 14.7. The highest BCUT2D eigenvalue weighted by atomic mass is 14.8. The maximum absolute atomic E-state index is 5.42. The summed E-state index contributed by atoms with van der Waals surface area (Å²) in [5, 5.41) is 4.84. The lowest BCUT2D eigenvalue weighted by molar-refractivity contribution is 0.295. The number of rotatable bonds is 10. The molecule has 6 aromatic rings. The van der Waals surface area contributed by atoms with E-state index in [9.17, 15) is 0 Å². The van der Waals surface area contributed by atoms with Crippen LogP contribution >= 0.6 is 0 Å². The van der Waals surface area contributed by atoms with E-state index in [0.717, 1.165) is 40.3 Å². The Morgan fingerprint density at radius 1 is 0.587 bits per heavy atom. The summed E-state index contributed by atoms with van der Waals surface area (Å²) < 4.78 is 0. The molecule has 0 N–H and O–H groups in total. The number of hydrogen-bond acceptors (Lipinski definition) is 2. The Balaban J connectivity index is 1.25. The van der Waals surface area contributed by atoms with E-state index in [4.69, 9.17) is 9.97 Å². The number of nitrogens with zero attached hydrogens (tertiary/aromatic N) is 2. The van der Waals surface area contributed by atoms with E-state index in [0.29, 0.717) is 5.41 Å². The average molecular weight is 603 g/mol. The fourth-order valence-corrected chi connectivity index (χ4v) is 7.60. The van der Waals surface area contributed by atoms with Gasteiger partial charge < -0.3 is 0 Å². The maximum Gasteiger partial charge on any atom is 0.0784 e. The van der Waals surface area contributed by atoms with Crippen molar-refractivity contribution >= 4 is 21.5 Å². The number of aromatic nitrogens is 2. The molecule has 0 atom stereocenters. The fraction of sp³-hybridized carbons (Fsp3) is 0.318. The predicted octanol–water partition coefficient (Wildman–Crippen LogP) is 12.1. The zero-order valence-electron chi connectivity index (χ0n) is 27.7. The molecule has 0 radical (unpaired) electrons. The molecule has 4 aromatic carbocycles. The summed E-state index contributed by atoms with van der Waals surface area (Å²) in [6, 6.07) is 41.5. The number of pyridine rings is 2. The van der Waals surface area contributed by atoms with Crippen LogP contribution in [-0.2, 0) is 11.8 Å². The lowest BCUT2D eigenvalue weighted by Crippen LogP contribution is -2.23. The van der Waals surface area contributed by atoms with E-state index in [-0.39, 0.29) is 0 Å². The number of hydrogen-bond donors (Lipinski definition) is 0. The van der Waals surface area contributed by atoms with E-state index >= 15 is 0 Å². The molecule has 46 heavy (non-hydrogen) atoms. The summed E-state index contributed by atoms with van der Waals surface area (Å²) in [6.07, 6.45) is 12.1. The van der Waals surface area contributed by atoms with Gasteiger partial charge in [0.15, 0.2) is 0 Å². The average Bonchev–Trinajstić information content (AvgIpc) is 3.53. The van der Waals surface area contributed by atoms with Crippen LogP contribution in [-0.4, -0.2) is 9.97 Å². The summed E-state index contributed by atoms with van der Waals surface area (Å²) in [5.74, 6) is 0. The third-order valence-electron chi connectivity index (χ3n) is 10.6. The van der Waals surface area contributed by atoms with Crippen LogP contribution in [0.1, 0.15) is 89.1 Å². The molecule has 1 aliphatic carbocycles. The molecule has 7 rings (SSSR count). The van der Waals surface area contributed by atoms with E-state index < -0.39 is 5.41 Å². The molecule has 1 saturated carbocycles. The maximum atomic E-state index is 5.42. The fourth-order valence-electron chi connectivity index (χ4n) is 7.60. The van der Waals surface area contributed by atoms with Gasteiger partial charge in [-0.25, -0.2) is 0 Å². The molecule has 0 bridgehead atoms. The Kier molecular flexibility index (Phi) is 8.47. The van der Waals surface area contributed by atoms with Gasteiger partial charge in [0.25, 0.3) is 0 Å². The molecule has 2 nitrogen and oxygen atoms in total. The highest BCUT2D eigenvalue weighted by molar-refractivity contribution is 5.96. The van der Waals surface area contributed by atoms with Crippen LogP contribution < -0.4 is 0 Å². The standard InChI is InChI=1S/C44H46N2/c1-43(2,39-30-35-22-12-13-23-37(35)41(45-39)33-18-8-4-9-19-33)40-31-36-29-32(17-7-6-14-26-44(3)27-15-16-28-44)24-25-38(36)42(46-40)34-20-10-5-11-21-34/h4-5,8-13,18-25,29-31H,6-7,14-17,26-28H2,1-3H3.